The number of thiazole rings is 1. The molecule has 1 N–H and O–H groups in total. The summed E-state index contributed by atoms with van der Waals surface area (Å²) in [5.74, 6) is -1.38. The fraction of sp³-hybridized carbons (Fsp3) is 0.150. The van der Waals surface area contributed by atoms with Gasteiger partial charge in [-0.1, -0.05) is 24.3 Å². The van der Waals surface area contributed by atoms with Crippen molar-refractivity contribution in [3.8, 4) is 0 Å². The zero-order valence-corrected chi connectivity index (χ0v) is 16.1. The monoisotopic (exact) mass is 399 g/mol. The largest absolute Gasteiger partial charge is 0.455 e. The number of ether oxygens (including phenoxy) is 1. The van der Waals surface area contributed by atoms with Crippen molar-refractivity contribution in [2.24, 2.45) is 0 Å². The maximum atomic E-state index is 14.1. The van der Waals surface area contributed by atoms with Crippen molar-refractivity contribution >= 4 is 39.7 Å². The number of nitrogens with zero attached hydrogens (tertiary/aromatic N) is 2. The van der Waals surface area contributed by atoms with Crippen molar-refractivity contribution in [2.45, 2.75) is 13.5 Å². The Hall–Kier alpha value is -3.26. The van der Waals surface area contributed by atoms with E-state index in [4.69, 9.17) is 4.74 Å². The molecule has 28 heavy (non-hydrogen) atoms. The minimum Gasteiger partial charge on any atom is -0.455 e. The van der Waals surface area contributed by atoms with Gasteiger partial charge in [-0.25, -0.2) is 14.2 Å². The van der Waals surface area contributed by atoms with Crippen molar-refractivity contribution in [3.05, 3.63) is 71.0 Å². The lowest BCUT2D eigenvalue weighted by Gasteiger charge is -2.18. The number of hydrogen-bond donors (Lipinski definition) is 1. The number of aromatic nitrogens is 1. The summed E-state index contributed by atoms with van der Waals surface area (Å²) >= 11 is 1.17. The number of hydrogen-bond acceptors (Lipinski definition) is 6. The number of halogens is 1. The highest BCUT2D eigenvalue weighted by atomic mass is 32.1. The Morgan fingerprint density at radius 3 is 2.61 bits per heavy atom. The second-order valence-corrected chi connectivity index (χ2v) is 6.64. The van der Waals surface area contributed by atoms with Crippen LogP contribution < -0.4 is 10.2 Å². The standard InChI is InChI=1S/C20H18FN3O3S/c1-13(25)24(18-10-6-4-8-16(18)21)20-23-14(12-28-20)11-27-19(26)15-7-3-5-9-17(15)22-2/h3-10,12,22H,11H2,1-2H3. The van der Waals surface area contributed by atoms with Gasteiger partial charge in [-0.05, 0) is 24.3 Å². The van der Waals surface area contributed by atoms with Crippen LogP contribution in [-0.4, -0.2) is 23.9 Å². The number of amides is 1. The van der Waals surface area contributed by atoms with E-state index in [1.807, 2.05) is 6.07 Å². The summed E-state index contributed by atoms with van der Waals surface area (Å²) in [5.41, 5.74) is 1.67. The number of rotatable bonds is 6. The van der Waals surface area contributed by atoms with Crippen LogP contribution in [0.1, 0.15) is 23.0 Å². The third-order valence-electron chi connectivity index (χ3n) is 3.91. The van der Waals surface area contributed by atoms with Crippen LogP contribution in [-0.2, 0) is 16.1 Å². The number of benzene rings is 2. The van der Waals surface area contributed by atoms with Gasteiger partial charge in [0.25, 0.3) is 0 Å². The molecule has 3 rings (SSSR count). The first kappa shape index (κ1) is 19.5. The van der Waals surface area contributed by atoms with Gasteiger partial charge in [0.1, 0.15) is 12.4 Å². The molecular formula is C20H18FN3O3S. The zero-order valence-electron chi connectivity index (χ0n) is 15.3. The Kier molecular flexibility index (Phi) is 6.00. The Bertz CT molecular complexity index is 1010. The van der Waals surface area contributed by atoms with Gasteiger partial charge < -0.3 is 10.1 Å². The van der Waals surface area contributed by atoms with Gasteiger partial charge in [0.15, 0.2) is 5.13 Å². The van der Waals surface area contributed by atoms with Gasteiger partial charge in [-0.15, -0.1) is 11.3 Å². The molecule has 0 aliphatic carbocycles. The molecule has 2 aromatic carbocycles. The fourth-order valence-corrected chi connectivity index (χ4v) is 3.47. The van der Waals surface area contributed by atoms with Crippen LogP contribution in [0.3, 0.4) is 0 Å². The first-order chi connectivity index (χ1) is 13.5. The Morgan fingerprint density at radius 1 is 1.18 bits per heavy atom. The third-order valence-corrected chi connectivity index (χ3v) is 4.78. The van der Waals surface area contributed by atoms with Gasteiger partial charge in [0.05, 0.1) is 16.9 Å². The van der Waals surface area contributed by atoms with Crippen LogP contribution >= 0.6 is 11.3 Å². The number of carbonyl (C=O) groups excluding carboxylic acids is 2. The van der Waals surface area contributed by atoms with E-state index in [0.717, 1.165) is 0 Å². The molecule has 3 aromatic rings. The Balaban J connectivity index is 1.75. The summed E-state index contributed by atoms with van der Waals surface area (Å²) < 4.78 is 19.4. The van der Waals surface area contributed by atoms with Crippen LogP contribution in [0.4, 0.5) is 20.9 Å². The quantitative estimate of drug-likeness (QED) is 0.624. The summed E-state index contributed by atoms with van der Waals surface area (Å²) in [6.45, 7) is 1.28. The van der Waals surface area contributed by atoms with Crippen LogP contribution in [0.2, 0.25) is 0 Å². The van der Waals surface area contributed by atoms with Crippen molar-refractivity contribution in [1.29, 1.82) is 0 Å². The number of para-hydroxylation sites is 2. The minimum absolute atomic E-state index is 0.0591. The first-order valence-corrected chi connectivity index (χ1v) is 9.32. The molecule has 0 radical (unpaired) electrons. The average molecular weight is 399 g/mol. The predicted octanol–water partition coefficient (Wildman–Crippen LogP) is 4.37. The number of esters is 1. The molecule has 1 amide bonds. The van der Waals surface area contributed by atoms with Crippen molar-refractivity contribution < 1.29 is 18.7 Å². The minimum atomic E-state index is -0.524. The van der Waals surface area contributed by atoms with E-state index >= 15 is 0 Å². The molecule has 144 valence electrons. The smallest absolute Gasteiger partial charge is 0.340 e. The van der Waals surface area contributed by atoms with Crippen LogP contribution in [0.15, 0.2) is 53.9 Å². The highest BCUT2D eigenvalue weighted by molar-refractivity contribution is 7.14. The molecule has 0 aliphatic heterocycles. The topological polar surface area (TPSA) is 71.5 Å². The molecule has 0 fully saturated rings. The van der Waals surface area contributed by atoms with Gasteiger partial charge >= 0.3 is 5.97 Å². The highest BCUT2D eigenvalue weighted by Crippen LogP contribution is 2.31. The maximum absolute atomic E-state index is 14.1. The molecule has 0 saturated carbocycles. The summed E-state index contributed by atoms with van der Waals surface area (Å²) in [6, 6.07) is 13.0. The average Bonchev–Trinajstić information content (AvgIpc) is 3.16. The molecule has 1 heterocycles. The van der Waals surface area contributed by atoms with E-state index in [2.05, 4.69) is 10.3 Å². The number of anilines is 3. The third kappa shape index (κ3) is 4.17. The van der Waals surface area contributed by atoms with Crippen LogP contribution in [0, 0.1) is 5.82 Å². The van der Waals surface area contributed by atoms with Gasteiger partial charge in [-0.2, -0.15) is 0 Å². The SMILES string of the molecule is CNc1ccccc1C(=O)OCc1csc(N(C(C)=O)c2ccccc2F)n1. The van der Waals surface area contributed by atoms with E-state index in [-0.39, 0.29) is 18.2 Å². The number of nitrogens with one attached hydrogen (secondary N) is 1. The van der Waals surface area contributed by atoms with E-state index in [9.17, 15) is 14.0 Å². The second-order valence-electron chi connectivity index (χ2n) is 5.80. The van der Waals surface area contributed by atoms with Crippen LogP contribution in [0.5, 0.6) is 0 Å². The molecule has 0 spiro atoms. The Labute approximate surface area is 165 Å². The molecule has 0 saturated heterocycles. The van der Waals surface area contributed by atoms with Gasteiger partial charge in [-0.3, -0.25) is 9.69 Å². The van der Waals surface area contributed by atoms with E-state index in [1.165, 1.54) is 35.3 Å². The second kappa shape index (κ2) is 8.62. The lowest BCUT2D eigenvalue weighted by atomic mass is 10.2. The lowest BCUT2D eigenvalue weighted by molar-refractivity contribution is -0.115. The lowest BCUT2D eigenvalue weighted by Crippen LogP contribution is -2.23. The first-order valence-electron chi connectivity index (χ1n) is 8.44. The molecule has 0 aliphatic rings. The summed E-state index contributed by atoms with van der Waals surface area (Å²) in [4.78, 5) is 29.9. The van der Waals surface area contributed by atoms with E-state index in [0.29, 0.717) is 22.1 Å². The summed E-state index contributed by atoms with van der Waals surface area (Å²) in [7, 11) is 1.72. The van der Waals surface area contributed by atoms with E-state index < -0.39 is 11.8 Å². The predicted molar refractivity (Wildman–Crippen MR) is 106 cm³/mol. The zero-order chi connectivity index (χ0) is 20.1. The number of carbonyl (C=O) groups is 2. The van der Waals surface area contributed by atoms with Crippen LogP contribution in [0.25, 0.3) is 0 Å². The van der Waals surface area contributed by atoms with Gasteiger partial charge in [0.2, 0.25) is 5.91 Å². The molecular weight excluding hydrogens is 381 g/mol. The van der Waals surface area contributed by atoms with Crippen molar-refractivity contribution in [1.82, 2.24) is 4.98 Å². The molecule has 0 unspecified atom stereocenters. The van der Waals surface area contributed by atoms with E-state index in [1.54, 1.807) is 42.8 Å². The fourth-order valence-electron chi connectivity index (χ4n) is 2.60. The molecule has 0 bridgehead atoms. The molecule has 6 nitrogen and oxygen atoms in total. The highest BCUT2D eigenvalue weighted by Gasteiger charge is 2.21. The van der Waals surface area contributed by atoms with Gasteiger partial charge in [0, 0.05) is 25.0 Å². The molecule has 0 atom stereocenters. The summed E-state index contributed by atoms with van der Waals surface area (Å²) in [5, 5.41) is 4.91. The maximum Gasteiger partial charge on any atom is 0.340 e. The normalized spacial score (nSPS) is 10.4. The molecule has 1 aromatic heterocycles. The molecule has 8 heteroatoms. The van der Waals surface area contributed by atoms with Crippen molar-refractivity contribution in [2.75, 3.05) is 17.3 Å². The summed E-state index contributed by atoms with van der Waals surface area (Å²) in [6.07, 6.45) is 0. The Morgan fingerprint density at radius 2 is 1.89 bits per heavy atom. The van der Waals surface area contributed by atoms with Crippen molar-refractivity contribution in [3.63, 3.8) is 0 Å².